The van der Waals surface area contributed by atoms with Crippen molar-refractivity contribution in [2.45, 2.75) is 13.1 Å². The molecule has 1 saturated heterocycles. The molecule has 1 fully saturated rings. The Balaban J connectivity index is 1.48. The molecular weight excluding hydrogens is 469 g/mol. The Morgan fingerprint density at radius 1 is 1.06 bits per heavy atom. The Hall–Kier alpha value is -3.79. The van der Waals surface area contributed by atoms with E-state index in [9.17, 15) is 27.6 Å². The molecule has 1 N–H and O–H groups in total. The molecular formula is C24H17F3N2O4S. The number of carbonyl (C=O) groups excluding carboxylic acids is 3. The fourth-order valence-electron chi connectivity index (χ4n) is 3.27. The lowest BCUT2D eigenvalue weighted by Gasteiger charge is -2.12. The van der Waals surface area contributed by atoms with Crippen molar-refractivity contribution < 1.29 is 32.0 Å². The zero-order chi connectivity index (χ0) is 24.5. The molecule has 174 valence electrons. The predicted molar refractivity (Wildman–Crippen MR) is 122 cm³/mol. The van der Waals surface area contributed by atoms with Gasteiger partial charge in [-0.15, -0.1) is 0 Å². The summed E-state index contributed by atoms with van der Waals surface area (Å²) in [6, 6.07) is 14.7. The quantitative estimate of drug-likeness (QED) is 0.451. The van der Waals surface area contributed by atoms with Crippen LogP contribution in [0, 0.1) is 6.92 Å². The maximum absolute atomic E-state index is 13.3. The second kappa shape index (κ2) is 9.22. The van der Waals surface area contributed by atoms with Crippen molar-refractivity contribution in [3.63, 3.8) is 0 Å². The average molecular weight is 486 g/mol. The molecule has 6 nitrogen and oxygen atoms in total. The first kappa shape index (κ1) is 23.4. The van der Waals surface area contributed by atoms with Gasteiger partial charge in [0.2, 0.25) is 5.91 Å². The molecule has 2 heterocycles. The van der Waals surface area contributed by atoms with E-state index in [0.29, 0.717) is 17.4 Å². The third kappa shape index (κ3) is 5.07. The number of hydrogen-bond donors (Lipinski definition) is 1. The number of amides is 3. The maximum atomic E-state index is 13.3. The van der Waals surface area contributed by atoms with E-state index in [-0.39, 0.29) is 22.0 Å². The number of benzene rings is 2. The minimum Gasteiger partial charge on any atom is -0.457 e. The third-order valence-electron chi connectivity index (χ3n) is 4.91. The molecule has 3 amide bonds. The fourth-order valence-corrected chi connectivity index (χ4v) is 4.09. The first-order chi connectivity index (χ1) is 16.1. The number of carbonyl (C=O) groups is 3. The molecule has 0 aliphatic carbocycles. The summed E-state index contributed by atoms with van der Waals surface area (Å²) in [4.78, 5) is 38.0. The van der Waals surface area contributed by atoms with Crippen LogP contribution in [0.25, 0.3) is 17.4 Å². The van der Waals surface area contributed by atoms with Gasteiger partial charge in [-0.25, -0.2) is 0 Å². The number of nitrogens with zero attached hydrogens (tertiary/aromatic N) is 1. The summed E-state index contributed by atoms with van der Waals surface area (Å²) >= 11 is 0.618. The number of furan rings is 1. The first-order valence-electron chi connectivity index (χ1n) is 10.00. The standard InChI is InChI=1S/C24H17F3N2O4S/c1-14-6-8-15(9-7-14)28-21(30)13-29-22(31)20(34-23(29)32)12-16-10-11-19(33-16)17-4-2-3-5-18(17)24(25,26)27/h2-12H,13H2,1H3,(H,28,30)/b20-12+. The third-order valence-corrected chi connectivity index (χ3v) is 5.82. The SMILES string of the molecule is Cc1ccc(NC(=O)CN2C(=O)S/C(=C/c3ccc(-c4ccccc4C(F)(F)F)o3)C2=O)cc1. The summed E-state index contributed by atoms with van der Waals surface area (Å²) < 4.78 is 45.4. The van der Waals surface area contributed by atoms with Crippen molar-refractivity contribution in [2.24, 2.45) is 0 Å². The summed E-state index contributed by atoms with van der Waals surface area (Å²) in [7, 11) is 0. The lowest BCUT2D eigenvalue weighted by molar-refractivity contribution is -0.137. The van der Waals surface area contributed by atoms with E-state index >= 15 is 0 Å². The van der Waals surface area contributed by atoms with Gasteiger partial charge in [-0.3, -0.25) is 19.3 Å². The molecule has 1 aliphatic rings. The molecule has 0 radical (unpaired) electrons. The van der Waals surface area contributed by atoms with Gasteiger partial charge in [0.1, 0.15) is 18.1 Å². The highest BCUT2D eigenvalue weighted by molar-refractivity contribution is 8.18. The Labute approximate surface area is 196 Å². The van der Waals surface area contributed by atoms with E-state index in [4.69, 9.17) is 4.42 Å². The summed E-state index contributed by atoms with van der Waals surface area (Å²) in [5.74, 6) is -1.17. The van der Waals surface area contributed by atoms with Crippen molar-refractivity contribution >= 4 is 40.6 Å². The highest BCUT2D eigenvalue weighted by Crippen LogP contribution is 2.38. The maximum Gasteiger partial charge on any atom is 0.417 e. The van der Waals surface area contributed by atoms with Crippen molar-refractivity contribution in [3.05, 3.63) is 82.5 Å². The van der Waals surface area contributed by atoms with Gasteiger partial charge >= 0.3 is 6.18 Å². The number of thioether (sulfide) groups is 1. The molecule has 2 aromatic carbocycles. The number of aryl methyl sites for hydroxylation is 1. The highest BCUT2D eigenvalue weighted by Gasteiger charge is 2.37. The van der Waals surface area contributed by atoms with Gasteiger partial charge in [0, 0.05) is 17.3 Å². The summed E-state index contributed by atoms with van der Waals surface area (Å²) in [6.45, 7) is 1.42. The number of anilines is 1. The molecule has 1 aromatic heterocycles. The summed E-state index contributed by atoms with van der Waals surface area (Å²) in [5, 5.41) is 1.98. The zero-order valence-electron chi connectivity index (χ0n) is 17.7. The Kier molecular flexibility index (Phi) is 6.34. The van der Waals surface area contributed by atoms with Gasteiger partial charge in [-0.1, -0.05) is 35.9 Å². The van der Waals surface area contributed by atoms with Gasteiger partial charge in [0.05, 0.1) is 10.5 Å². The van der Waals surface area contributed by atoms with Crippen LogP contribution in [-0.2, 0) is 15.8 Å². The zero-order valence-corrected chi connectivity index (χ0v) is 18.5. The molecule has 3 aromatic rings. The molecule has 4 rings (SSSR count). The minimum atomic E-state index is -4.56. The molecule has 0 saturated carbocycles. The van der Waals surface area contributed by atoms with E-state index < -0.39 is 35.3 Å². The van der Waals surface area contributed by atoms with Crippen molar-refractivity contribution in [2.75, 3.05) is 11.9 Å². The number of imide groups is 1. The largest absolute Gasteiger partial charge is 0.457 e. The van der Waals surface area contributed by atoms with Crippen molar-refractivity contribution in [1.82, 2.24) is 4.90 Å². The molecule has 0 spiro atoms. The van der Waals surface area contributed by atoms with Crippen LogP contribution >= 0.6 is 11.8 Å². The van der Waals surface area contributed by atoms with E-state index in [0.717, 1.165) is 16.5 Å². The average Bonchev–Trinajstić information content (AvgIpc) is 3.35. The van der Waals surface area contributed by atoms with Gasteiger partial charge in [0.15, 0.2) is 0 Å². The van der Waals surface area contributed by atoms with Crippen LogP contribution in [0.15, 0.2) is 70.0 Å². The number of halogens is 3. The summed E-state index contributed by atoms with van der Waals surface area (Å²) in [5.41, 5.74) is 0.545. The number of nitrogens with one attached hydrogen (secondary N) is 1. The highest BCUT2D eigenvalue weighted by atomic mass is 32.2. The van der Waals surface area contributed by atoms with E-state index in [1.165, 1.54) is 36.4 Å². The van der Waals surface area contributed by atoms with Crippen LogP contribution < -0.4 is 5.32 Å². The monoisotopic (exact) mass is 486 g/mol. The lowest BCUT2D eigenvalue weighted by atomic mass is 10.1. The Morgan fingerprint density at radius 2 is 1.76 bits per heavy atom. The Bertz CT molecular complexity index is 1300. The van der Waals surface area contributed by atoms with Crippen molar-refractivity contribution in [3.8, 4) is 11.3 Å². The van der Waals surface area contributed by atoms with E-state index in [2.05, 4.69) is 5.32 Å². The van der Waals surface area contributed by atoms with E-state index in [1.54, 1.807) is 12.1 Å². The fraction of sp³-hybridized carbons (Fsp3) is 0.125. The second-order valence-electron chi connectivity index (χ2n) is 7.43. The number of alkyl halides is 3. The van der Waals surface area contributed by atoms with Crippen LogP contribution in [0.5, 0.6) is 0 Å². The predicted octanol–water partition coefficient (Wildman–Crippen LogP) is 5.95. The molecule has 34 heavy (non-hydrogen) atoms. The molecule has 0 atom stereocenters. The van der Waals surface area contributed by atoms with Crippen LogP contribution in [0.2, 0.25) is 0 Å². The van der Waals surface area contributed by atoms with Gasteiger partial charge in [0.25, 0.3) is 11.1 Å². The minimum absolute atomic E-state index is 0.00172. The molecule has 1 aliphatic heterocycles. The lowest BCUT2D eigenvalue weighted by Crippen LogP contribution is -2.36. The van der Waals surface area contributed by atoms with Crippen LogP contribution in [-0.4, -0.2) is 28.5 Å². The normalized spacial score (nSPS) is 15.3. The van der Waals surface area contributed by atoms with Crippen LogP contribution in [0.3, 0.4) is 0 Å². The van der Waals surface area contributed by atoms with Crippen LogP contribution in [0.1, 0.15) is 16.9 Å². The van der Waals surface area contributed by atoms with E-state index in [1.807, 2.05) is 19.1 Å². The number of rotatable bonds is 5. The van der Waals surface area contributed by atoms with Crippen molar-refractivity contribution in [1.29, 1.82) is 0 Å². The molecule has 0 unspecified atom stereocenters. The topological polar surface area (TPSA) is 79.6 Å². The van der Waals surface area contributed by atoms with Gasteiger partial charge in [-0.05, 0) is 49.0 Å². The first-order valence-corrected chi connectivity index (χ1v) is 10.8. The summed E-state index contributed by atoms with van der Waals surface area (Å²) in [6.07, 6.45) is -3.30. The number of hydrogen-bond acceptors (Lipinski definition) is 5. The smallest absolute Gasteiger partial charge is 0.417 e. The van der Waals surface area contributed by atoms with Gasteiger partial charge < -0.3 is 9.73 Å². The Morgan fingerprint density at radius 3 is 2.47 bits per heavy atom. The molecule has 10 heteroatoms. The van der Waals surface area contributed by atoms with Crippen LogP contribution in [0.4, 0.5) is 23.7 Å². The van der Waals surface area contributed by atoms with Gasteiger partial charge in [-0.2, -0.15) is 13.2 Å². The molecule has 0 bridgehead atoms. The second-order valence-corrected chi connectivity index (χ2v) is 8.42.